The minimum absolute atomic E-state index is 0.00300. The van der Waals surface area contributed by atoms with Crippen LogP contribution < -0.4 is 0 Å². The molecule has 3 atom stereocenters. The third-order valence-corrected chi connectivity index (χ3v) is 7.66. The number of hydrogen-bond donors (Lipinski definition) is 0. The van der Waals surface area contributed by atoms with Gasteiger partial charge in [-0.05, 0) is 56.2 Å². The normalized spacial score (nSPS) is 23.0. The molecule has 0 amide bonds. The lowest BCUT2D eigenvalue weighted by atomic mass is 9.95. The first-order valence-corrected chi connectivity index (χ1v) is 11.8. The maximum absolute atomic E-state index is 6.56. The molecule has 154 valence electrons. The van der Waals surface area contributed by atoms with E-state index in [2.05, 4.69) is 59.5 Å². The summed E-state index contributed by atoms with van der Waals surface area (Å²) in [5, 5.41) is 1.92. The van der Waals surface area contributed by atoms with Gasteiger partial charge < -0.3 is 9.47 Å². The van der Waals surface area contributed by atoms with E-state index in [9.17, 15) is 0 Å². The highest BCUT2D eigenvalue weighted by molar-refractivity contribution is 8.14. The average Bonchev–Trinajstić information content (AvgIpc) is 3.41. The zero-order chi connectivity index (χ0) is 20.8. The monoisotopic (exact) mass is 436 g/mol. The number of rotatable bonds is 4. The van der Waals surface area contributed by atoms with E-state index in [1.807, 2.05) is 42.2 Å². The number of fused-ring (bicyclic) bond motifs is 1. The zero-order valence-electron chi connectivity index (χ0n) is 17.4. The van der Waals surface area contributed by atoms with Crippen LogP contribution in [-0.2, 0) is 0 Å². The summed E-state index contributed by atoms with van der Waals surface area (Å²) in [5.41, 5.74) is 5.76. The van der Waals surface area contributed by atoms with Gasteiger partial charge in [-0.3, -0.25) is 9.98 Å². The number of nitrogens with zero attached hydrogens (tertiary/aromatic N) is 4. The molecule has 0 radical (unpaired) electrons. The highest BCUT2D eigenvalue weighted by Gasteiger charge is 2.46. The number of aryl methyl sites for hydroxylation is 1. The second-order valence-corrected chi connectivity index (χ2v) is 9.34. The van der Waals surface area contributed by atoms with E-state index in [1.165, 1.54) is 17.0 Å². The molecule has 30 heavy (non-hydrogen) atoms. The number of thioether (sulfide) groups is 1. The van der Waals surface area contributed by atoms with Crippen LogP contribution in [-0.4, -0.2) is 31.4 Å². The maximum Gasteiger partial charge on any atom is 0.160 e. The number of amidine groups is 1. The molecule has 1 aromatic carbocycles. The third-order valence-electron chi connectivity index (χ3n) is 6.21. The predicted octanol–water partition coefficient (Wildman–Crippen LogP) is 6.12. The molecule has 0 N–H and O–H groups in total. The second-order valence-electron chi connectivity index (χ2n) is 7.95. The molecule has 1 saturated heterocycles. The summed E-state index contributed by atoms with van der Waals surface area (Å²) < 4.78 is 2.27. The number of halogens is 1. The van der Waals surface area contributed by atoms with Crippen molar-refractivity contribution in [1.82, 2.24) is 14.5 Å². The molecule has 0 bridgehead atoms. The van der Waals surface area contributed by atoms with Gasteiger partial charge in [-0.15, -0.1) is 0 Å². The number of para-hydroxylation sites is 1. The fourth-order valence-corrected chi connectivity index (χ4v) is 6.34. The van der Waals surface area contributed by atoms with Crippen molar-refractivity contribution in [3.05, 3.63) is 82.4 Å². The maximum atomic E-state index is 6.56. The number of aromatic nitrogens is 2. The Labute approximate surface area is 187 Å². The van der Waals surface area contributed by atoms with Gasteiger partial charge in [0.05, 0.1) is 22.4 Å². The molecule has 6 heteroatoms. The van der Waals surface area contributed by atoms with Crippen molar-refractivity contribution >= 4 is 28.5 Å². The summed E-state index contributed by atoms with van der Waals surface area (Å²) in [4.78, 5) is 12.4. The zero-order valence-corrected chi connectivity index (χ0v) is 19.0. The Kier molecular flexibility index (Phi) is 5.11. The molecule has 0 unspecified atom stereocenters. The number of pyridine rings is 1. The van der Waals surface area contributed by atoms with Crippen LogP contribution in [0.1, 0.15) is 48.1 Å². The molecule has 2 aliphatic rings. The van der Waals surface area contributed by atoms with Crippen molar-refractivity contribution < 1.29 is 0 Å². The Balaban J connectivity index is 1.66. The SMILES string of the molecule is CC[C@@H]1CSC2=N[C@@H](c3ccccn3)[C@H](c3cc(C)n(-c4ccccc4Cl)c3C)N21. The molecule has 2 aliphatic heterocycles. The van der Waals surface area contributed by atoms with Gasteiger partial charge >= 0.3 is 0 Å². The predicted molar refractivity (Wildman–Crippen MR) is 126 cm³/mol. The molecular weight excluding hydrogens is 412 g/mol. The van der Waals surface area contributed by atoms with E-state index in [0.29, 0.717) is 6.04 Å². The van der Waals surface area contributed by atoms with Gasteiger partial charge in [-0.1, -0.05) is 48.5 Å². The molecule has 2 aromatic heterocycles. The summed E-state index contributed by atoms with van der Waals surface area (Å²) in [6.45, 7) is 6.62. The van der Waals surface area contributed by atoms with Crippen LogP contribution in [0.3, 0.4) is 0 Å². The van der Waals surface area contributed by atoms with Gasteiger partial charge in [-0.25, -0.2) is 0 Å². The Morgan fingerprint density at radius 3 is 2.67 bits per heavy atom. The van der Waals surface area contributed by atoms with Crippen LogP contribution in [0, 0.1) is 13.8 Å². The first-order chi connectivity index (χ1) is 14.6. The van der Waals surface area contributed by atoms with E-state index in [4.69, 9.17) is 16.6 Å². The highest BCUT2D eigenvalue weighted by atomic mass is 35.5. The van der Waals surface area contributed by atoms with Gasteiger partial charge in [0.15, 0.2) is 5.17 Å². The standard InChI is InChI=1S/C24H25ClN4S/c1-4-17-14-30-24-27-22(20-10-7-8-12-26-20)23(29(17)24)18-13-15(2)28(16(18)3)21-11-6-5-9-19(21)25/h5-13,17,22-23H,4,14H2,1-3H3/t17-,22+,23+/m1/s1. The molecule has 4 nitrogen and oxygen atoms in total. The van der Waals surface area contributed by atoms with Crippen molar-refractivity contribution in [2.24, 2.45) is 4.99 Å². The molecule has 1 fully saturated rings. The summed E-state index contributed by atoms with van der Waals surface area (Å²) in [6.07, 6.45) is 2.98. The summed E-state index contributed by atoms with van der Waals surface area (Å²) in [6, 6.07) is 17.1. The Bertz CT molecular complexity index is 1110. The van der Waals surface area contributed by atoms with Gasteiger partial charge in [0.25, 0.3) is 0 Å². The first kappa shape index (κ1) is 19.7. The topological polar surface area (TPSA) is 33.4 Å². The summed E-state index contributed by atoms with van der Waals surface area (Å²) >= 11 is 8.44. The summed E-state index contributed by atoms with van der Waals surface area (Å²) in [7, 11) is 0. The molecule has 0 saturated carbocycles. The Morgan fingerprint density at radius 2 is 1.93 bits per heavy atom. The number of hydrogen-bond acceptors (Lipinski definition) is 4. The summed E-state index contributed by atoms with van der Waals surface area (Å²) in [5.74, 6) is 1.10. The van der Waals surface area contributed by atoms with Crippen LogP contribution in [0.2, 0.25) is 5.02 Å². The van der Waals surface area contributed by atoms with Crippen molar-refractivity contribution in [2.45, 2.75) is 45.3 Å². The quantitative estimate of drug-likeness (QED) is 0.493. The molecule has 0 spiro atoms. The Hall–Kier alpha value is -2.24. The fraction of sp³-hybridized carbons (Fsp3) is 0.333. The van der Waals surface area contributed by atoms with Gasteiger partial charge in [-0.2, -0.15) is 0 Å². The highest BCUT2D eigenvalue weighted by Crippen LogP contribution is 2.49. The van der Waals surface area contributed by atoms with Crippen LogP contribution in [0.15, 0.2) is 59.7 Å². The molecule has 4 heterocycles. The molecule has 3 aromatic rings. The van der Waals surface area contributed by atoms with E-state index in [-0.39, 0.29) is 12.1 Å². The lowest BCUT2D eigenvalue weighted by molar-refractivity contribution is 0.254. The van der Waals surface area contributed by atoms with Crippen molar-refractivity contribution in [2.75, 3.05) is 5.75 Å². The van der Waals surface area contributed by atoms with Gasteiger partial charge in [0, 0.05) is 29.4 Å². The van der Waals surface area contributed by atoms with Crippen molar-refractivity contribution in [3.8, 4) is 5.69 Å². The van der Waals surface area contributed by atoms with Gasteiger partial charge in [0.2, 0.25) is 0 Å². The third kappa shape index (κ3) is 3.07. The number of benzene rings is 1. The van der Waals surface area contributed by atoms with Gasteiger partial charge in [0.1, 0.15) is 6.04 Å². The van der Waals surface area contributed by atoms with E-state index in [0.717, 1.165) is 33.7 Å². The van der Waals surface area contributed by atoms with E-state index in [1.54, 1.807) is 0 Å². The smallest absolute Gasteiger partial charge is 0.160 e. The van der Waals surface area contributed by atoms with E-state index >= 15 is 0 Å². The van der Waals surface area contributed by atoms with Crippen LogP contribution in [0.5, 0.6) is 0 Å². The lowest BCUT2D eigenvalue weighted by Gasteiger charge is -2.32. The largest absolute Gasteiger partial charge is 0.338 e. The van der Waals surface area contributed by atoms with Crippen molar-refractivity contribution in [3.63, 3.8) is 0 Å². The fourth-order valence-electron chi connectivity index (χ4n) is 4.78. The first-order valence-electron chi connectivity index (χ1n) is 10.4. The van der Waals surface area contributed by atoms with Crippen LogP contribution >= 0.6 is 23.4 Å². The molecule has 0 aliphatic carbocycles. The molecular formula is C24H25ClN4S. The number of aliphatic imine (C=N–C) groups is 1. The minimum atomic E-state index is 0.00300. The minimum Gasteiger partial charge on any atom is -0.338 e. The lowest BCUT2D eigenvalue weighted by Crippen LogP contribution is -2.35. The molecule has 5 rings (SSSR count). The Morgan fingerprint density at radius 1 is 1.13 bits per heavy atom. The average molecular weight is 437 g/mol. The van der Waals surface area contributed by atoms with Crippen LogP contribution in [0.25, 0.3) is 5.69 Å². The second kappa shape index (κ2) is 7.78. The van der Waals surface area contributed by atoms with E-state index < -0.39 is 0 Å². The van der Waals surface area contributed by atoms with Crippen LogP contribution in [0.4, 0.5) is 0 Å². The van der Waals surface area contributed by atoms with Crippen molar-refractivity contribution in [1.29, 1.82) is 0 Å².